The minimum absolute atomic E-state index is 0.0366. The van der Waals surface area contributed by atoms with Crippen LogP contribution in [-0.4, -0.2) is 13.2 Å². The minimum Gasteiger partial charge on any atom is -0.489 e. The molecule has 1 aromatic rings. The van der Waals surface area contributed by atoms with Crippen LogP contribution in [0.3, 0.4) is 0 Å². The maximum atomic E-state index is 6.55. The van der Waals surface area contributed by atoms with Gasteiger partial charge < -0.3 is 9.47 Å². The first-order chi connectivity index (χ1) is 9.11. The smallest absolute Gasteiger partial charge is 0.161 e. The summed E-state index contributed by atoms with van der Waals surface area (Å²) in [7, 11) is 0. The number of ether oxygens (including phenoxy) is 2. The molecule has 2 rings (SSSR count). The standard InChI is InChI=1S/C16H23ClO2/c1-4-5-12(3)16(17)13-6-7-14-15(8-13)19-10-11(2)9-18-14/h6-8,11-12,16H,4-5,9-10H2,1-3H3. The molecule has 1 aliphatic heterocycles. The topological polar surface area (TPSA) is 18.5 Å². The highest BCUT2D eigenvalue weighted by atomic mass is 35.5. The van der Waals surface area contributed by atoms with E-state index in [-0.39, 0.29) is 5.38 Å². The number of benzene rings is 1. The Morgan fingerprint density at radius 2 is 1.95 bits per heavy atom. The lowest BCUT2D eigenvalue weighted by molar-refractivity contribution is 0.228. The lowest BCUT2D eigenvalue weighted by atomic mass is 9.96. The highest BCUT2D eigenvalue weighted by Crippen LogP contribution is 2.38. The number of halogens is 1. The van der Waals surface area contributed by atoms with Crippen molar-refractivity contribution in [2.45, 2.75) is 39.0 Å². The van der Waals surface area contributed by atoms with E-state index in [4.69, 9.17) is 21.1 Å². The fourth-order valence-electron chi connectivity index (χ4n) is 2.37. The molecule has 0 spiro atoms. The molecule has 3 atom stereocenters. The van der Waals surface area contributed by atoms with Crippen LogP contribution in [0.2, 0.25) is 0 Å². The summed E-state index contributed by atoms with van der Waals surface area (Å²) < 4.78 is 11.5. The molecule has 2 nitrogen and oxygen atoms in total. The van der Waals surface area contributed by atoms with E-state index in [2.05, 4.69) is 26.8 Å². The normalized spacial score (nSPS) is 21.6. The SMILES string of the molecule is CCCC(C)C(Cl)c1ccc2c(c1)OCC(C)CO2. The van der Waals surface area contributed by atoms with E-state index in [9.17, 15) is 0 Å². The van der Waals surface area contributed by atoms with Gasteiger partial charge in [-0.15, -0.1) is 11.6 Å². The lowest BCUT2D eigenvalue weighted by Gasteiger charge is -2.19. The molecule has 0 saturated heterocycles. The summed E-state index contributed by atoms with van der Waals surface area (Å²) in [5, 5.41) is 0.0366. The second-order valence-corrected chi connectivity index (χ2v) is 6.07. The maximum absolute atomic E-state index is 6.55. The summed E-state index contributed by atoms with van der Waals surface area (Å²) in [6.45, 7) is 7.93. The molecule has 0 bridgehead atoms. The van der Waals surface area contributed by atoms with Crippen LogP contribution in [0.15, 0.2) is 18.2 Å². The van der Waals surface area contributed by atoms with Crippen molar-refractivity contribution in [2.75, 3.05) is 13.2 Å². The molecule has 3 unspecified atom stereocenters. The van der Waals surface area contributed by atoms with E-state index in [1.54, 1.807) is 0 Å². The fourth-order valence-corrected chi connectivity index (χ4v) is 2.63. The average Bonchev–Trinajstić information content (AvgIpc) is 2.60. The quantitative estimate of drug-likeness (QED) is 0.738. The Hall–Kier alpha value is -0.890. The third-order valence-electron chi connectivity index (χ3n) is 3.58. The number of hydrogen-bond acceptors (Lipinski definition) is 2. The maximum Gasteiger partial charge on any atom is 0.161 e. The molecule has 1 heterocycles. The van der Waals surface area contributed by atoms with E-state index in [0.29, 0.717) is 25.0 Å². The Kier molecular flexibility index (Phi) is 4.98. The van der Waals surface area contributed by atoms with Crippen LogP contribution in [-0.2, 0) is 0 Å². The number of alkyl halides is 1. The predicted molar refractivity (Wildman–Crippen MR) is 79.3 cm³/mol. The third-order valence-corrected chi connectivity index (χ3v) is 4.26. The van der Waals surface area contributed by atoms with E-state index in [0.717, 1.165) is 29.9 Å². The number of rotatable bonds is 4. The molecule has 106 valence electrons. The van der Waals surface area contributed by atoms with Crippen LogP contribution < -0.4 is 9.47 Å². The Morgan fingerprint density at radius 3 is 2.63 bits per heavy atom. The van der Waals surface area contributed by atoms with E-state index in [1.807, 2.05) is 12.1 Å². The summed E-state index contributed by atoms with van der Waals surface area (Å²) in [6, 6.07) is 6.08. The van der Waals surface area contributed by atoms with Gasteiger partial charge in [-0.25, -0.2) is 0 Å². The summed E-state index contributed by atoms with van der Waals surface area (Å²) in [5.74, 6) is 2.55. The zero-order valence-corrected chi connectivity index (χ0v) is 12.7. The van der Waals surface area contributed by atoms with Crippen LogP contribution in [0.25, 0.3) is 0 Å². The summed E-state index contributed by atoms with van der Waals surface area (Å²) in [6.07, 6.45) is 2.30. The Morgan fingerprint density at radius 1 is 1.26 bits per heavy atom. The van der Waals surface area contributed by atoms with Crippen molar-refractivity contribution in [1.82, 2.24) is 0 Å². The Labute approximate surface area is 121 Å². The Balaban J connectivity index is 2.16. The van der Waals surface area contributed by atoms with Gasteiger partial charge >= 0.3 is 0 Å². The minimum atomic E-state index is 0.0366. The molecule has 0 N–H and O–H groups in total. The van der Waals surface area contributed by atoms with Gasteiger partial charge in [0.1, 0.15) is 0 Å². The van der Waals surface area contributed by atoms with Gasteiger partial charge in [0.15, 0.2) is 11.5 Å². The van der Waals surface area contributed by atoms with Gasteiger partial charge in [-0.3, -0.25) is 0 Å². The average molecular weight is 283 g/mol. The molecule has 0 fully saturated rings. The molecule has 0 saturated carbocycles. The molecule has 1 aromatic carbocycles. The zero-order valence-electron chi connectivity index (χ0n) is 12.0. The van der Waals surface area contributed by atoms with Crippen LogP contribution in [0.1, 0.15) is 44.6 Å². The van der Waals surface area contributed by atoms with E-state index >= 15 is 0 Å². The van der Waals surface area contributed by atoms with Crippen LogP contribution in [0, 0.1) is 11.8 Å². The van der Waals surface area contributed by atoms with Gasteiger partial charge in [0, 0.05) is 5.92 Å². The highest BCUT2D eigenvalue weighted by Gasteiger charge is 2.20. The Bertz CT molecular complexity index is 419. The van der Waals surface area contributed by atoms with Gasteiger partial charge in [0.2, 0.25) is 0 Å². The van der Waals surface area contributed by atoms with Crippen molar-refractivity contribution in [2.24, 2.45) is 11.8 Å². The van der Waals surface area contributed by atoms with Crippen molar-refractivity contribution in [1.29, 1.82) is 0 Å². The van der Waals surface area contributed by atoms with Crippen molar-refractivity contribution in [3.05, 3.63) is 23.8 Å². The van der Waals surface area contributed by atoms with Gasteiger partial charge in [0.05, 0.1) is 18.6 Å². The molecular weight excluding hydrogens is 260 g/mol. The summed E-state index contributed by atoms with van der Waals surface area (Å²) >= 11 is 6.55. The van der Waals surface area contributed by atoms with Gasteiger partial charge in [-0.2, -0.15) is 0 Å². The molecular formula is C16H23ClO2. The predicted octanol–water partition coefficient (Wildman–Crippen LogP) is 4.81. The molecule has 1 aliphatic rings. The molecule has 0 aromatic heterocycles. The number of fused-ring (bicyclic) bond motifs is 1. The van der Waals surface area contributed by atoms with Gasteiger partial charge in [-0.05, 0) is 30.0 Å². The van der Waals surface area contributed by atoms with Crippen LogP contribution >= 0.6 is 11.6 Å². The van der Waals surface area contributed by atoms with Crippen LogP contribution in [0.4, 0.5) is 0 Å². The third kappa shape index (κ3) is 3.56. The monoisotopic (exact) mass is 282 g/mol. The number of hydrogen-bond donors (Lipinski definition) is 0. The van der Waals surface area contributed by atoms with E-state index < -0.39 is 0 Å². The second-order valence-electron chi connectivity index (χ2n) is 5.60. The summed E-state index contributed by atoms with van der Waals surface area (Å²) in [5.41, 5.74) is 1.12. The van der Waals surface area contributed by atoms with E-state index in [1.165, 1.54) is 0 Å². The molecule has 0 amide bonds. The van der Waals surface area contributed by atoms with Crippen LogP contribution in [0.5, 0.6) is 11.5 Å². The summed E-state index contributed by atoms with van der Waals surface area (Å²) in [4.78, 5) is 0. The molecule has 0 aliphatic carbocycles. The largest absolute Gasteiger partial charge is 0.489 e. The first-order valence-electron chi connectivity index (χ1n) is 7.15. The first-order valence-corrected chi connectivity index (χ1v) is 7.59. The first kappa shape index (κ1) is 14.5. The van der Waals surface area contributed by atoms with Crippen molar-refractivity contribution < 1.29 is 9.47 Å². The van der Waals surface area contributed by atoms with Gasteiger partial charge in [-0.1, -0.05) is 33.3 Å². The van der Waals surface area contributed by atoms with Crippen molar-refractivity contribution >= 4 is 11.6 Å². The zero-order chi connectivity index (χ0) is 13.8. The van der Waals surface area contributed by atoms with Crippen molar-refractivity contribution in [3.8, 4) is 11.5 Å². The van der Waals surface area contributed by atoms with Crippen molar-refractivity contribution in [3.63, 3.8) is 0 Å². The fraction of sp³-hybridized carbons (Fsp3) is 0.625. The highest BCUT2D eigenvalue weighted by molar-refractivity contribution is 6.21. The molecule has 19 heavy (non-hydrogen) atoms. The molecule has 3 heteroatoms. The molecule has 0 radical (unpaired) electrons. The second kappa shape index (κ2) is 6.51. The lowest BCUT2D eigenvalue weighted by Crippen LogP contribution is -2.12. The van der Waals surface area contributed by atoms with Gasteiger partial charge in [0.25, 0.3) is 0 Å².